The van der Waals surface area contributed by atoms with Crippen LogP contribution in [0.25, 0.3) is 5.57 Å². The van der Waals surface area contributed by atoms with E-state index in [-0.39, 0.29) is 17.6 Å². The van der Waals surface area contributed by atoms with Crippen molar-refractivity contribution in [3.05, 3.63) is 65.5 Å². The van der Waals surface area contributed by atoms with E-state index in [4.69, 9.17) is 17.2 Å². The van der Waals surface area contributed by atoms with Crippen molar-refractivity contribution < 1.29 is 0 Å². The Labute approximate surface area is 197 Å². The van der Waals surface area contributed by atoms with Gasteiger partial charge in [0.2, 0.25) is 0 Å². The van der Waals surface area contributed by atoms with Crippen molar-refractivity contribution in [2.75, 3.05) is 11.9 Å². The van der Waals surface area contributed by atoms with Gasteiger partial charge in [-0.1, -0.05) is 37.5 Å². The number of fused-ring (bicyclic) bond motifs is 1. The lowest BCUT2D eigenvalue weighted by molar-refractivity contribution is 0.197. The summed E-state index contributed by atoms with van der Waals surface area (Å²) in [7, 11) is 2.19. The molecule has 2 aromatic rings. The van der Waals surface area contributed by atoms with Gasteiger partial charge in [-0.2, -0.15) is 0 Å². The van der Waals surface area contributed by atoms with Gasteiger partial charge in [0.15, 0.2) is 5.11 Å². The summed E-state index contributed by atoms with van der Waals surface area (Å²) in [6.07, 6.45) is 10.6. The van der Waals surface area contributed by atoms with E-state index in [9.17, 15) is 0 Å². The van der Waals surface area contributed by atoms with Crippen LogP contribution in [-0.4, -0.2) is 33.6 Å². The average Bonchev–Trinajstić information content (AvgIpc) is 3.15. The largest absolute Gasteiger partial charge is 0.366 e. The van der Waals surface area contributed by atoms with Gasteiger partial charge < -0.3 is 15.1 Å². The molecule has 168 valence electrons. The summed E-state index contributed by atoms with van der Waals surface area (Å²) in [5.41, 5.74) is 6.35. The third-order valence-electron chi connectivity index (χ3n) is 7.69. The first-order valence-electron chi connectivity index (χ1n) is 11.9. The molecule has 2 fully saturated rings. The van der Waals surface area contributed by atoms with E-state index in [0.717, 1.165) is 10.8 Å². The summed E-state index contributed by atoms with van der Waals surface area (Å²) in [4.78, 5) is 9.60. The summed E-state index contributed by atoms with van der Waals surface area (Å²) in [6, 6.07) is 13.9. The van der Waals surface area contributed by atoms with Gasteiger partial charge in [-0.3, -0.25) is 4.98 Å². The monoisotopic (exact) mass is 446 g/mol. The number of hydrogen-bond acceptors (Lipinski definition) is 3. The van der Waals surface area contributed by atoms with Crippen molar-refractivity contribution in [3.8, 4) is 0 Å². The second-order valence-electron chi connectivity index (χ2n) is 10.1. The quantitative estimate of drug-likeness (QED) is 0.583. The van der Waals surface area contributed by atoms with E-state index in [1.807, 2.05) is 12.3 Å². The summed E-state index contributed by atoms with van der Waals surface area (Å²) in [6.45, 7) is 6.78. The molecule has 2 atom stereocenters. The first kappa shape index (κ1) is 21.4. The van der Waals surface area contributed by atoms with Gasteiger partial charge in [0.05, 0.1) is 23.3 Å². The van der Waals surface area contributed by atoms with Crippen LogP contribution >= 0.6 is 12.2 Å². The molecular weight excluding hydrogens is 412 g/mol. The van der Waals surface area contributed by atoms with Crippen molar-refractivity contribution in [3.63, 3.8) is 0 Å². The van der Waals surface area contributed by atoms with Crippen LogP contribution in [-0.2, 0) is 0 Å². The number of hydrogen-bond donors (Lipinski definition) is 1. The number of nitrogens with one attached hydrogen (secondary N) is 1. The molecule has 4 nitrogen and oxygen atoms in total. The summed E-state index contributed by atoms with van der Waals surface area (Å²) in [5, 5.41) is 4.52. The highest BCUT2D eigenvalue weighted by atomic mass is 32.1. The first-order chi connectivity index (χ1) is 15.4. The Bertz CT molecular complexity index is 1040. The van der Waals surface area contributed by atoms with Gasteiger partial charge in [-0.25, -0.2) is 0 Å². The zero-order valence-corrected chi connectivity index (χ0v) is 20.5. The second-order valence-corrected chi connectivity index (χ2v) is 10.5. The molecule has 3 heterocycles. The summed E-state index contributed by atoms with van der Waals surface area (Å²) < 4.78 is 0. The smallest absolute Gasteiger partial charge is 0.170 e. The van der Waals surface area contributed by atoms with E-state index >= 15 is 0 Å². The molecule has 1 saturated heterocycles. The molecule has 32 heavy (non-hydrogen) atoms. The van der Waals surface area contributed by atoms with Crippen LogP contribution in [0, 0.1) is 0 Å². The number of anilines is 1. The van der Waals surface area contributed by atoms with Crippen LogP contribution in [0.15, 0.2) is 48.7 Å². The number of thiocarbonyl (C=S) groups is 1. The Morgan fingerprint density at radius 1 is 1.09 bits per heavy atom. The van der Waals surface area contributed by atoms with E-state index in [2.05, 4.69) is 79.3 Å². The van der Waals surface area contributed by atoms with Crippen LogP contribution < -0.4 is 10.2 Å². The Hall–Kier alpha value is -2.40. The molecule has 1 N–H and O–H groups in total. The van der Waals surface area contributed by atoms with Crippen LogP contribution in [0.5, 0.6) is 0 Å². The van der Waals surface area contributed by atoms with Gasteiger partial charge in [0.1, 0.15) is 0 Å². The van der Waals surface area contributed by atoms with Crippen molar-refractivity contribution in [1.29, 1.82) is 0 Å². The maximum absolute atomic E-state index is 5.94. The number of allylic oxidation sites excluding steroid dienone is 1. The van der Waals surface area contributed by atoms with E-state index in [0.29, 0.717) is 6.04 Å². The van der Waals surface area contributed by atoms with Gasteiger partial charge >= 0.3 is 0 Å². The fraction of sp³-hybridized carbons (Fsp3) is 0.481. The number of pyridine rings is 1. The fourth-order valence-electron chi connectivity index (χ4n) is 5.84. The highest BCUT2D eigenvalue weighted by Crippen LogP contribution is 2.45. The van der Waals surface area contributed by atoms with Gasteiger partial charge in [0, 0.05) is 30.5 Å². The fourth-order valence-corrected chi connectivity index (χ4v) is 6.22. The van der Waals surface area contributed by atoms with Crippen molar-refractivity contribution in [2.24, 2.45) is 0 Å². The van der Waals surface area contributed by atoms with Gasteiger partial charge in [-0.15, -0.1) is 0 Å². The molecule has 2 aliphatic heterocycles. The normalized spacial score (nSPS) is 25.4. The Balaban J connectivity index is 1.60. The molecule has 1 saturated carbocycles. The second kappa shape index (κ2) is 8.18. The van der Waals surface area contributed by atoms with Gasteiger partial charge in [-0.05, 0) is 81.2 Å². The maximum atomic E-state index is 5.94. The van der Waals surface area contributed by atoms with Crippen molar-refractivity contribution >= 4 is 28.6 Å². The number of nitrogens with zero attached hydrogens (tertiary/aromatic N) is 3. The lowest BCUT2D eigenvalue weighted by Crippen LogP contribution is -2.42. The number of rotatable bonds is 3. The Morgan fingerprint density at radius 3 is 2.59 bits per heavy atom. The molecule has 1 aromatic carbocycles. The number of benzene rings is 1. The van der Waals surface area contributed by atoms with Crippen LogP contribution in [0.1, 0.15) is 81.8 Å². The Morgan fingerprint density at radius 2 is 1.88 bits per heavy atom. The standard InChI is InChI=1S/C27H34N4S/c1-18-17-27(2,3)30(4)23-14-13-19(16-21(18)23)25-24(22-12-8-9-15-28-22)29-26(32)31(25)20-10-6-5-7-11-20/h8-9,12-17,20,24-25H,5-7,10-11H2,1-4H3,(H,29,32)/t24-,25+/m0/s1. The summed E-state index contributed by atoms with van der Waals surface area (Å²) >= 11 is 5.94. The lowest BCUT2D eigenvalue weighted by atomic mass is 9.86. The molecule has 5 rings (SSSR count). The van der Waals surface area contributed by atoms with Crippen LogP contribution in [0.4, 0.5) is 5.69 Å². The molecule has 0 radical (unpaired) electrons. The molecule has 0 amide bonds. The summed E-state index contributed by atoms with van der Waals surface area (Å²) in [5.74, 6) is 0. The SMILES string of the molecule is CC1=CC(C)(C)N(C)c2ccc([C@@H]3[C@H](c4ccccn4)NC(=S)N3C3CCCCC3)cc21. The minimum absolute atomic E-state index is 0.0136. The Kier molecular flexibility index (Phi) is 5.48. The molecule has 0 spiro atoms. The average molecular weight is 447 g/mol. The highest BCUT2D eigenvalue weighted by molar-refractivity contribution is 7.80. The highest BCUT2D eigenvalue weighted by Gasteiger charge is 2.43. The lowest BCUT2D eigenvalue weighted by Gasteiger charge is -2.41. The third kappa shape index (κ3) is 3.61. The zero-order valence-electron chi connectivity index (χ0n) is 19.6. The van der Waals surface area contributed by atoms with Crippen molar-refractivity contribution in [2.45, 2.75) is 76.5 Å². The first-order valence-corrected chi connectivity index (χ1v) is 12.3. The van der Waals surface area contributed by atoms with Gasteiger partial charge in [0.25, 0.3) is 0 Å². The van der Waals surface area contributed by atoms with Crippen LogP contribution in [0.3, 0.4) is 0 Å². The van der Waals surface area contributed by atoms with E-state index in [1.54, 1.807) is 0 Å². The minimum Gasteiger partial charge on any atom is -0.366 e. The molecule has 5 heteroatoms. The molecular formula is C27H34N4S. The topological polar surface area (TPSA) is 31.4 Å². The molecule has 3 aliphatic rings. The maximum Gasteiger partial charge on any atom is 0.170 e. The molecule has 1 aromatic heterocycles. The molecule has 0 unspecified atom stereocenters. The number of likely N-dealkylation sites (N-methyl/N-ethyl adjacent to an activating group) is 1. The predicted molar refractivity (Wildman–Crippen MR) is 137 cm³/mol. The molecule has 0 bridgehead atoms. The molecule has 1 aliphatic carbocycles. The predicted octanol–water partition coefficient (Wildman–Crippen LogP) is 6.02. The zero-order chi connectivity index (χ0) is 22.5. The van der Waals surface area contributed by atoms with Crippen LogP contribution in [0.2, 0.25) is 0 Å². The van der Waals surface area contributed by atoms with Crippen molar-refractivity contribution in [1.82, 2.24) is 15.2 Å². The minimum atomic E-state index is 0.0136. The number of aromatic nitrogens is 1. The third-order valence-corrected chi connectivity index (χ3v) is 8.01. The van der Waals surface area contributed by atoms with E-state index in [1.165, 1.54) is 54.5 Å². The van der Waals surface area contributed by atoms with E-state index < -0.39 is 0 Å².